The van der Waals surface area contributed by atoms with Gasteiger partial charge in [-0.2, -0.15) is 0 Å². The number of esters is 1. The Hall–Kier alpha value is -3.30. The molecule has 3 heterocycles. The van der Waals surface area contributed by atoms with Crippen LogP contribution in [0.5, 0.6) is 5.75 Å². The van der Waals surface area contributed by atoms with Crippen LogP contribution in [0.15, 0.2) is 23.0 Å². The van der Waals surface area contributed by atoms with Crippen molar-refractivity contribution in [3.8, 4) is 5.75 Å². The molecule has 3 aliphatic rings. The number of hydrogen-bond acceptors (Lipinski definition) is 6. The molecule has 2 aromatic rings. The average molecular weight is 499 g/mol. The molecule has 36 heavy (non-hydrogen) atoms. The van der Waals surface area contributed by atoms with Gasteiger partial charge in [-0.05, 0) is 43.7 Å². The van der Waals surface area contributed by atoms with Gasteiger partial charge < -0.3 is 19.3 Å². The van der Waals surface area contributed by atoms with Gasteiger partial charge in [0, 0.05) is 64.6 Å². The normalized spacial score (nSPS) is 24.7. The smallest absolute Gasteiger partial charge is 0.328 e. The number of aromatic nitrogens is 2. The summed E-state index contributed by atoms with van der Waals surface area (Å²) < 4.78 is 14.0. The predicted molar refractivity (Wildman–Crippen MR) is 131 cm³/mol. The molecule has 194 valence electrons. The van der Waals surface area contributed by atoms with Gasteiger partial charge in [0.25, 0.3) is 5.91 Å². The van der Waals surface area contributed by atoms with Gasteiger partial charge in [0.1, 0.15) is 5.75 Å². The molecule has 2 amide bonds. The monoisotopic (exact) mass is 498 g/mol. The van der Waals surface area contributed by atoms with E-state index < -0.39 is 6.10 Å². The molecule has 10 heteroatoms. The number of rotatable bonds is 5. The number of piperazine rings is 1. The summed E-state index contributed by atoms with van der Waals surface area (Å²) in [5.41, 5.74) is 1.73. The topological polar surface area (TPSA) is 103 Å². The van der Waals surface area contributed by atoms with E-state index in [4.69, 9.17) is 9.47 Å². The summed E-state index contributed by atoms with van der Waals surface area (Å²) in [5.74, 6) is 0.760. The van der Waals surface area contributed by atoms with E-state index >= 15 is 0 Å². The van der Waals surface area contributed by atoms with E-state index in [-0.39, 0.29) is 29.4 Å². The zero-order valence-corrected chi connectivity index (χ0v) is 21.0. The minimum absolute atomic E-state index is 0.0105. The quantitative estimate of drug-likeness (QED) is 0.580. The number of fused-ring (bicyclic) bond motifs is 1. The first kappa shape index (κ1) is 24.4. The van der Waals surface area contributed by atoms with Crippen molar-refractivity contribution < 1.29 is 23.9 Å². The Bertz CT molecular complexity index is 1220. The number of ether oxygens (including phenoxy) is 2. The standard InChI is InChI=1S/C26H34N4O6/c1-27-20-8-7-19(35-2)15-21(20)30(26(27)34)16-17-3-5-18(6-4-17)24(32)28-11-13-29(14-12-28)25(33)22-9-10-23(31)36-22/h7-8,15,17-18,22H,3-6,9-14,16H2,1-2H3/t17?,18?,22-/m0/s1. The Balaban J connectivity index is 1.14. The summed E-state index contributed by atoms with van der Waals surface area (Å²) in [5, 5.41) is 0. The SMILES string of the molecule is COc1ccc2c(c1)n(CC1CCC(C(=O)N3CCN(C(=O)[C@@H]4CCC(=O)O4)CC3)CC1)c(=O)n2C. The maximum absolute atomic E-state index is 13.2. The van der Waals surface area contributed by atoms with Crippen LogP contribution in [0, 0.1) is 11.8 Å². The van der Waals surface area contributed by atoms with Gasteiger partial charge in [0.05, 0.1) is 18.1 Å². The van der Waals surface area contributed by atoms with Crippen molar-refractivity contribution in [2.75, 3.05) is 33.3 Å². The van der Waals surface area contributed by atoms with Crippen LogP contribution in [0.2, 0.25) is 0 Å². The molecule has 10 nitrogen and oxygen atoms in total. The highest BCUT2D eigenvalue weighted by molar-refractivity contribution is 5.87. The summed E-state index contributed by atoms with van der Waals surface area (Å²) in [6.45, 7) is 2.61. The fourth-order valence-corrected chi connectivity index (χ4v) is 5.85. The molecule has 1 aliphatic carbocycles. The van der Waals surface area contributed by atoms with Gasteiger partial charge in [-0.3, -0.25) is 23.5 Å². The number of cyclic esters (lactones) is 1. The van der Waals surface area contributed by atoms with Crippen molar-refractivity contribution in [3.05, 3.63) is 28.7 Å². The fourth-order valence-electron chi connectivity index (χ4n) is 5.85. The van der Waals surface area contributed by atoms with Crippen molar-refractivity contribution in [2.45, 2.75) is 51.2 Å². The molecule has 0 bridgehead atoms. The van der Waals surface area contributed by atoms with Gasteiger partial charge in [-0.25, -0.2) is 4.79 Å². The second kappa shape index (κ2) is 9.99. The first-order valence-electron chi connectivity index (χ1n) is 12.9. The van der Waals surface area contributed by atoms with Crippen LogP contribution >= 0.6 is 0 Å². The highest BCUT2D eigenvalue weighted by Gasteiger charge is 2.36. The lowest BCUT2D eigenvalue weighted by Gasteiger charge is -2.38. The van der Waals surface area contributed by atoms with Crippen molar-refractivity contribution in [1.82, 2.24) is 18.9 Å². The predicted octanol–water partition coefficient (Wildman–Crippen LogP) is 1.53. The maximum atomic E-state index is 13.2. The van der Waals surface area contributed by atoms with Crippen LogP contribution < -0.4 is 10.4 Å². The Morgan fingerprint density at radius 2 is 1.61 bits per heavy atom. The highest BCUT2D eigenvalue weighted by Crippen LogP contribution is 2.32. The first-order chi connectivity index (χ1) is 17.4. The zero-order valence-electron chi connectivity index (χ0n) is 21.0. The van der Waals surface area contributed by atoms with Gasteiger partial charge in [-0.15, -0.1) is 0 Å². The van der Waals surface area contributed by atoms with E-state index in [0.717, 1.165) is 42.5 Å². The molecule has 5 rings (SSSR count). The van der Waals surface area contributed by atoms with Crippen molar-refractivity contribution in [3.63, 3.8) is 0 Å². The van der Waals surface area contributed by atoms with E-state index in [1.807, 2.05) is 27.7 Å². The Kier molecular flexibility index (Phi) is 6.77. The van der Waals surface area contributed by atoms with E-state index in [0.29, 0.717) is 51.5 Å². The number of amides is 2. The van der Waals surface area contributed by atoms with Crippen LogP contribution in [0.1, 0.15) is 38.5 Å². The summed E-state index contributed by atoms with van der Waals surface area (Å²) in [7, 11) is 3.41. The van der Waals surface area contributed by atoms with E-state index in [2.05, 4.69) is 0 Å². The van der Waals surface area contributed by atoms with Crippen molar-refractivity contribution in [1.29, 1.82) is 0 Å². The Morgan fingerprint density at radius 3 is 2.22 bits per heavy atom. The molecule has 3 fully saturated rings. The largest absolute Gasteiger partial charge is 0.497 e. The summed E-state index contributed by atoms with van der Waals surface area (Å²) in [4.78, 5) is 53.5. The third-order valence-corrected chi connectivity index (χ3v) is 8.05. The van der Waals surface area contributed by atoms with E-state index in [9.17, 15) is 19.2 Å². The fraction of sp³-hybridized carbons (Fsp3) is 0.615. The molecular formula is C26H34N4O6. The van der Waals surface area contributed by atoms with Gasteiger partial charge in [0.15, 0.2) is 6.10 Å². The zero-order chi connectivity index (χ0) is 25.4. The average Bonchev–Trinajstić information content (AvgIpc) is 3.45. The number of nitrogens with zero attached hydrogens (tertiary/aromatic N) is 4. The second-order valence-electron chi connectivity index (χ2n) is 10.2. The molecule has 2 saturated heterocycles. The number of carbonyl (C=O) groups is 3. The number of carbonyl (C=O) groups excluding carboxylic acids is 3. The molecule has 2 aliphatic heterocycles. The lowest BCUT2D eigenvalue weighted by molar-refractivity contribution is -0.155. The second-order valence-corrected chi connectivity index (χ2v) is 10.2. The molecule has 0 unspecified atom stereocenters. The van der Waals surface area contributed by atoms with Gasteiger partial charge >= 0.3 is 11.7 Å². The van der Waals surface area contributed by atoms with Gasteiger partial charge in [-0.1, -0.05) is 0 Å². The Labute approximate surface area is 209 Å². The molecule has 1 aromatic carbocycles. The van der Waals surface area contributed by atoms with Crippen LogP contribution in [0.3, 0.4) is 0 Å². The Morgan fingerprint density at radius 1 is 0.944 bits per heavy atom. The maximum Gasteiger partial charge on any atom is 0.328 e. The van der Waals surface area contributed by atoms with Crippen molar-refractivity contribution in [2.24, 2.45) is 18.9 Å². The van der Waals surface area contributed by atoms with E-state index in [1.54, 1.807) is 23.6 Å². The number of hydrogen-bond donors (Lipinski definition) is 0. The van der Waals surface area contributed by atoms with Crippen LogP contribution in [-0.4, -0.2) is 76.1 Å². The van der Waals surface area contributed by atoms with E-state index in [1.165, 1.54) is 0 Å². The number of imidazole rings is 1. The third kappa shape index (κ3) is 4.60. The molecule has 1 aromatic heterocycles. The molecular weight excluding hydrogens is 464 g/mol. The molecule has 0 spiro atoms. The first-order valence-corrected chi connectivity index (χ1v) is 12.9. The highest BCUT2D eigenvalue weighted by atomic mass is 16.6. The number of aryl methyl sites for hydroxylation is 1. The minimum Gasteiger partial charge on any atom is -0.497 e. The summed E-state index contributed by atoms with van der Waals surface area (Å²) >= 11 is 0. The number of methoxy groups -OCH3 is 1. The molecule has 0 N–H and O–H groups in total. The lowest BCUT2D eigenvalue weighted by atomic mass is 9.81. The van der Waals surface area contributed by atoms with Crippen LogP contribution in [0.25, 0.3) is 11.0 Å². The summed E-state index contributed by atoms with van der Waals surface area (Å²) in [6, 6.07) is 5.68. The van der Waals surface area contributed by atoms with Crippen LogP contribution in [-0.2, 0) is 32.7 Å². The van der Waals surface area contributed by atoms with Gasteiger partial charge in [0.2, 0.25) is 5.91 Å². The third-order valence-electron chi connectivity index (χ3n) is 8.05. The van der Waals surface area contributed by atoms with Crippen molar-refractivity contribution >= 4 is 28.8 Å². The summed E-state index contributed by atoms with van der Waals surface area (Å²) in [6.07, 6.45) is 3.49. The van der Waals surface area contributed by atoms with Crippen LogP contribution in [0.4, 0.5) is 0 Å². The molecule has 1 atom stereocenters. The lowest BCUT2D eigenvalue weighted by Crippen LogP contribution is -2.54. The number of benzene rings is 1. The minimum atomic E-state index is -0.662. The molecule has 1 saturated carbocycles. The molecule has 0 radical (unpaired) electrons.